The number of Topliss-reactive ketones (excluding diaryl/α,β-unsaturated/α-hetero) is 1. The van der Waals surface area contributed by atoms with E-state index in [2.05, 4.69) is 0 Å². The number of carboxylic acids is 1. The first-order valence-corrected chi connectivity index (χ1v) is 2.56. The summed E-state index contributed by atoms with van der Waals surface area (Å²) in [6, 6.07) is -1.20. The summed E-state index contributed by atoms with van der Waals surface area (Å²) in [5, 5.41) is 8.03. The highest BCUT2D eigenvalue weighted by Gasteiger charge is 2.19. The van der Waals surface area contributed by atoms with Crippen molar-refractivity contribution in [2.45, 2.75) is 12.5 Å². The number of nitrogens with two attached hydrogens (primary N) is 1. The minimum atomic E-state index is -1.60. The average molecular weight is 145 g/mol. The lowest BCUT2D eigenvalue weighted by Crippen LogP contribution is -2.36. The van der Waals surface area contributed by atoms with Gasteiger partial charge in [0.15, 0.2) is 0 Å². The molecule has 0 saturated carbocycles. The lowest BCUT2D eigenvalue weighted by Gasteiger charge is -1.99. The topological polar surface area (TPSA) is 97.5 Å². The van der Waals surface area contributed by atoms with Crippen LogP contribution in [0.5, 0.6) is 0 Å². The van der Waals surface area contributed by atoms with Gasteiger partial charge in [-0.3, -0.25) is 4.79 Å². The fourth-order valence-corrected chi connectivity index (χ4v) is 0.369. The van der Waals surface area contributed by atoms with Gasteiger partial charge in [0.1, 0.15) is 6.29 Å². The fourth-order valence-electron chi connectivity index (χ4n) is 0.369. The summed E-state index contributed by atoms with van der Waals surface area (Å²) in [4.78, 5) is 29.9. The number of carbonyl (C=O) groups excluding carboxylic acids is 2. The molecular weight excluding hydrogens is 138 g/mol. The van der Waals surface area contributed by atoms with Crippen LogP contribution in [-0.4, -0.2) is 29.2 Å². The Kier molecular flexibility index (Phi) is 3.27. The molecule has 0 aromatic carbocycles. The maximum Gasteiger partial charge on any atom is 0.373 e. The van der Waals surface area contributed by atoms with Gasteiger partial charge in [-0.2, -0.15) is 0 Å². The van der Waals surface area contributed by atoms with Gasteiger partial charge < -0.3 is 15.6 Å². The second kappa shape index (κ2) is 3.73. The predicted molar refractivity (Wildman–Crippen MR) is 31.3 cm³/mol. The van der Waals surface area contributed by atoms with E-state index in [4.69, 9.17) is 10.8 Å². The van der Waals surface area contributed by atoms with Crippen LogP contribution in [0.25, 0.3) is 0 Å². The zero-order valence-electron chi connectivity index (χ0n) is 5.11. The average Bonchev–Trinajstić information content (AvgIpc) is 1.87. The molecule has 0 rings (SSSR count). The number of carbonyl (C=O) groups is 3. The molecule has 0 bridgehead atoms. The van der Waals surface area contributed by atoms with Crippen molar-refractivity contribution in [3.63, 3.8) is 0 Å². The number of aliphatic carboxylic acids is 1. The standard InChI is InChI=1S/C5H7NO4/c6-3(1-2-7)4(8)5(9)10/h2-3H,1,6H2,(H,9,10). The first kappa shape index (κ1) is 8.77. The lowest BCUT2D eigenvalue weighted by molar-refractivity contribution is -0.149. The molecular formula is C5H7NO4. The number of aldehydes is 1. The van der Waals surface area contributed by atoms with Crippen LogP contribution >= 0.6 is 0 Å². The van der Waals surface area contributed by atoms with Gasteiger partial charge in [-0.05, 0) is 0 Å². The van der Waals surface area contributed by atoms with Crippen LogP contribution in [0.15, 0.2) is 0 Å². The Morgan fingerprint density at radius 3 is 2.40 bits per heavy atom. The van der Waals surface area contributed by atoms with Gasteiger partial charge in [0, 0.05) is 6.42 Å². The fraction of sp³-hybridized carbons (Fsp3) is 0.400. The Morgan fingerprint density at radius 1 is 1.60 bits per heavy atom. The van der Waals surface area contributed by atoms with Crippen molar-refractivity contribution in [3.8, 4) is 0 Å². The number of carboxylic acid groups (broad SMARTS) is 1. The van der Waals surface area contributed by atoms with Crippen molar-refractivity contribution in [1.82, 2.24) is 0 Å². The predicted octanol–water partition coefficient (Wildman–Crippen LogP) is -1.44. The summed E-state index contributed by atoms with van der Waals surface area (Å²) in [6.45, 7) is 0. The van der Waals surface area contributed by atoms with E-state index >= 15 is 0 Å². The Hall–Kier alpha value is -1.23. The second-order valence-electron chi connectivity index (χ2n) is 1.68. The van der Waals surface area contributed by atoms with Crippen molar-refractivity contribution < 1.29 is 19.5 Å². The van der Waals surface area contributed by atoms with Crippen LogP contribution in [0.3, 0.4) is 0 Å². The summed E-state index contributed by atoms with van der Waals surface area (Å²) in [5.74, 6) is -2.73. The van der Waals surface area contributed by atoms with Gasteiger partial charge in [-0.15, -0.1) is 0 Å². The van der Waals surface area contributed by atoms with E-state index in [9.17, 15) is 14.4 Å². The second-order valence-corrected chi connectivity index (χ2v) is 1.68. The van der Waals surface area contributed by atoms with E-state index in [0.29, 0.717) is 6.29 Å². The van der Waals surface area contributed by atoms with Gasteiger partial charge in [-0.1, -0.05) is 0 Å². The summed E-state index contributed by atoms with van der Waals surface area (Å²) in [7, 11) is 0. The van der Waals surface area contributed by atoms with Crippen molar-refractivity contribution in [3.05, 3.63) is 0 Å². The summed E-state index contributed by atoms with van der Waals surface area (Å²) < 4.78 is 0. The van der Waals surface area contributed by atoms with Crippen molar-refractivity contribution in [1.29, 1.82) is 0 Å². The molecule has 0 saturated heterocycles. The molecule has 1 unspecified atom stereocenters. The molecule has 0 aromatic rings. The number of hydrogen-bond acceptors (Lipinski definition) is 4. The molecule has 56 valence electrons. The summed E-state index contributed by atoms with van der Waals surface area (Å²) >= 11 is 0. The van der Waals surface area contributed by atoms with Gasteiger partial charge in [-0.25, -0.2) is 4.79 Å². The first-order chi connectivity index (χ1) is 4.59. The van der Waals surface area contributed by atoms with Crippen LogP contribution < -0.4 is 5.73 Å². The minimum Gasteiger partial charge on any atom is -0.475 e. The molecule has 0 aliphatic rings. The SMILES string of the molecule is NC(CC=O)C(=O)C(=O)O. The van der Waals surface area contributed by atoms with Crippen LogP contribution in [0.2, 0.25) is 0 Å². The minimum absolute atomic E-state index is 0.245. The van der Waals surface area contributed by atoms with Crippen LogP contribution in [0.1, 0.15) is 6.42 Å². The normalized spacial score (nSPS) is 12.1. The highest BCUT2D eigenvalue weighted by molar-refractivity contribution is 6.35. The van der Waals surface area contributed by atoms with Gasteiger partial charge in [0.25, 0.3) is 5.78 Å². The van der Waals surface area contributed by atoms with Gasteiger partial charge in [0.05, 0.1) is 6.04 Å². The Bertz CT molecular complexity index is 165. The molecule has 0 aliphatic heterocycles. The molecule has 0 aromatic heterocycles. The van der Waals surface area contributed by atoms with Crippen molar-refractivity contribution in [2.24, 2.45) is 5.73 Å². The van der Waals surface area contributed by atoms with Gasteiger partial charge >= 0.3 is 5.97 Å². The maximum absolute atomic E-state index is 10.3. The molecule has 5 nitrogen and oxygen atoms in total. The third kappa shape index (κ3) is 2.36. The molecule has 0 spiro atoms. The zero-order valence-corrected chi connectivity index (χ0v) is 5.11. The molecule has 0 radical (unpaired) electrons. The molecule has 10 heavy (non-hydrogen) atoms. The Balaban J connectivity index is 3.94. The van der Waals surface area contributed by atoms with E-state index in [1.807, 2.05) is 0 Å². The molecule has 0 fully saturated rings. The molecule has 1 atom stereocenters. The van der Waals surface area contributed by atoms with E-state index < -0.39 is 17.8 Å². The third-order valence-corrected chi connectivity index (χ3v) is 0.898. The van der Waals surface area contributed by atoms with E-state index in [1.165, 1.54) is 0 Å². The van der Waals surface area contributed by atoms with Crippen molar-refractivity contribution in [2.75, 3.05) is 0 Å². The van der Waals surface area contributed by atoms with Crippen molar-refractivity contribution >= 4 is 18.0 Å². The monoisotopic (exact) mass is 145 g/mol. The smallest absolute Gasteiger partial charge is 0.373 e. The number of rotatable bonds is 4. The molecule has 0 amide bonds. The molecule has 5 heteroatoms. The third-order valence-electron chi connectivity index (χ3n) is 0.898. The van der Waals surface area contributed by atoms with E-state index in [0.717, 1.165) is 0 Å². The van der Waals surface area contributed by atoms with E-state index in [-0.39, 0.29) is 6.42 Å². The summed E-state index contributed by atoms with van der Waals surface area (Å²) in [5.41, 5.74) is 4.97. The molecule has 3 N–H and O–H groups in total. The Morgan fingerprint density at radius 2 is 2.10 bits per heavy atom. The zero-order chi connectivity index (χ0) is 8.15. The quantitative estimate of drug-likeness (QED) is 0.373. The maximum atomic E-state index is 10.3. The van der Waals surface area contributed by atoms with Crippen LogP contribution in [0, 0.1) is 0 Å². The number of ketones is 1. The largest absolute Gasteiger partial charge is 0.475 e. The van der Waals surface area contributed by atoms with E-state index in [1.54, 1.807) is 0 Å². The first-order valence-electron chi connectivity index (χ1n) is 2.56. The highest BCUT2D eigenvalue weighted by Crippen LogP contribution is 1.85. The van der Waals surface area contributed by atoms with Crippen LogP contribution in [0.4, 0.5) is 0 Å². The van der Waals surface area contributed by atoms with Crippen LogP contribution in [-0.2, 0) is 14.4 Å². The van der Waals surface area contributed by atoms with Gasteiger partial charge in [0.2, 0.25) is 0 Å². The molecule has 0 aliphatic carbocycles. The number of hydrogen-bond donors (Lipinski definition) is 2. The Labute approximate surface area is 56.8 Å². The molecule has 0 heterocycles. The lowest BCUT2D eigenvalue weighted by atomic mass is 10.1. The summed E-state index contributed by atoms with van der Waals surface area (Å²) in [6.07, 6.45) is 0.163. The highest BCUT2D eigenvalue weighted by atomic mass is 16.4.